The summed E-state index contributed by atoms with van der Waals surface area (Å²) < 4.78 is 38.9. The Labute approximate surface area is 220 Å². The lowest BCUT2D eigenvalue weighted by Gasteiger charge is -2.28. The molecule has 0 saturated heterocycles. The number of anilines is 1. The number of methoxy groups -OCH3 is 1. The van der Waals surface area contributed by atoms with Gasteiger partial charge in [0.1, 0.15) is 12.0 Å². The number of nitrogens with zero attached hydrogens (tertiary/aromatic N) is 1. The van der Waals surface area contributed by atoms with Crippen LogP contribution in [-0.2, 0) is 29.1 Å². The Morgan fingerprint density at radius 1 is 1.03 bits per heavy atom. The van der Waals surface area contributed by atoms with E-state index in [2.05, 4.69) is 10.0 Å². The van der Waals surface area contributed by atoms with E-state index in [1.165, 1.54) is 26.0 Å². The molecule has 0 spiro atoms. The quantitative estimate of drug-likeness (QED) is 0.275. The second-order valence-corrected chi connectivity index (χ2v) is 10.6. The van der Waals surface area contributed by atoms with Gasteiger partial charge in [-0.25, -0.2) is 13.2 Å². The number of hydrogen-bond acceptors (Lipinski definition) is 9. The van der Waals surface area contributed by atoms with Crippen molar-refractivity contribution in [2.75, 3.05) is 11.8 Å². The zero-order chi connectivity index (χ0) is 28.2. The molecule has 12 heteroatoms. The summed E-state index contributed by atoms with van der Waals surface area (Å²) in [6, 6.07) is 14.8. The van der Waals surface area contributed by atoms with Gasteiger partial charge in [-0.2, -0.15) is 0 Å². The average Bonchev–Trinajstić information content (AvgIpc) is 2.84. The summed E-state index contributed by atoms with van der Waals surface area (Å²) in [6.45, 7) is 6.16. The minimum absolute atomic E-state index is 0.0761. The Morgan fingerprint density at radius 2 is 1.63 bits per heavy atom. The number of hydrogen-bond donors (Lipinski definition) is 2. The van der Waals surface area contributed by atoms with Crippen LogP contribution in [0.15, 0.2) is 77.3 Å². The van der Waals surface area contributed by atoms with E-state index in [4.69, 9.17) is 9.47 Å². The van der Waals surface area contributed by atoms with Gasteiger partial charge in [0.2, 0.25) is 15.3 Å². The number of nitro groups is 1. The number of nitrogens with one attached hydrogen (secondary N) is 2. The predicted molar refractivity (Wildman–Crippen MR) is 140 cm³/mol. The van der Waals surface area contributed by atoms with Gasteiger partial charge in [-0.05, 0) is 45.4 Å². The van der Waals surface area contributed by atoms with Crippen LogP contribution in [0.1, 0.15) is 37.8 Å². The topological polar surface area (TPSA) is 154 Å². The Bertz CT molecular complexity index is 1400. The predicted octanol–water partition coefficient (Wildman–Crippen LogP) is 3.38. The number of benzene rings is 2. The highest BCUT2D eigenvalue weighted by molar-refractivity contribution is 7.94. The van der Waals surface area contributed by atoms with E-state index in [0.717, 1.165) is 12.7 Å². The van der Waals surface area contributed by atoms with Crippen molar-refractivity contribution in [3.8, 4) is 0 Å². The summed E-state index contributed by atoms with van der Waals surface area (Å²) in [5, 5.41) is 12.9. The smallest absolute Gasteiger partial charge is 0.337 e. The van der Waals surface area contributed by atoms with Crippen LogP contribution in [0.5, 0.6) is 0 Å². The van der Waals surface area contributed by atoms with Crippen LogP contribution in [0.4, 0.5) is 5.69 Å². The number of dihydropyridines is 1. The molecule has 0 amide bonds. The van der Waals surface area contributed by atoms with E-state index in [1.807, 2.05) is 6.92 Å². The van der Waals surface area contributed by atoms with Gasteiger partial charge in [-0.1, -0.05) is 48.0 Å². The Balaban J connectivity index is 1.97. The van der Waals surface area contributed by atoms with Gasteiger partial charge in [-0.15, -0.1) is 0 Å². The standard InChI is InChI=1S/C26H29N3O8S/c1-15-11-13-20(14-12-15)28-38(34,35)24(26(31)36-5)18(4)37-25(30)21-16(2)27-17(3)23(29(32)33)22(21)19-9-7-6-8-10-19/h6-14,18,22,24,27-28H,1-5H3. The molecule has 3 atom stereocenters. The van der Waals surface area contributed by atoms with Crippen molar-refractivity contribution < 1.29 is 32.4 Å². The molecule has 202 valence electrons. The molecule has 0 bridgehead atoms. The van der Waals surface area contributed by atoms with Gasteiger partial charge in [-0.3, -0.25) is 19.6 Å². The molecule has 1 aliphatic rings. The highest BCUT2D eigenvalue weighted by Gasteiger charge is 2.45. The number of carbonyl (C=O) groups excluding carboxylic acids is 2. The summed E-state index contributed by atoms with van der Waals surface area (Å²) in [4.78, 5) is 37.5. The lowest BCUT2D eigenvalue weighted by Crippen LogP contribution is -2.46. The second-order valence-electron chi connectivity index (χ2n) is 8.84. The van der Waals surface area contributed by atoms with Crippen molar-refractivity contribution >= 4 is 27.6 Å². The van der Waals surface area contributed by atoms with Gasteiger partial charge in [0.15, 0.2) is 0 Å². The van der Waals surface area contributed by atoms with Crippen LogP contribution in [0, 0.1) is 17.0 Å². The van der Waals surface area contributed by atoms with Crippen molar-refractivity contribution in [2.45, 2.75) is 45.0 Å². The van der Waals surface area contributed by atoms with Crippen LogP contribution in [0.3, 0.4) is 0 Å². The van der Waals surface area contributed by atoms with Gasteiger partial charge >= 0.3 is 11.9 Å². The third-order valence-corrected chi connectivity index (χ3v) is 7.84. The van der Waals surface area contributed by atoms with Crippen molar-refractivity contribution in [1.82, 2.24) is 5.32 Å². The lowest BCUT2D eigenvalue weighted by molar-refractivity contribution is -0.431. The van der Waals surface area contributed by atoms with Crippen LogP contribution in [-0.4, -0.2) is 43.7 Å². The van der Waals surface area contributed by atoms with Crippen LogP contribution < -0.4 is 10.0 Å². The Kier molecular flexibility index (Phi) is 8.56. The Hall–Kier alpha value is -4.19. The third kappa shape index (κ3) is 6.02. The SMILES string of the molecule is COC(=O)C(C(C)OC(=O)C1=C(C)NC(C)=C([N+](=O)[O-])C1c1ccccc1)S(=O)(=O)Nc1ccc(C)cc1. The first-order chi connectivity index (χ1) is 17.9. The Morgan fingerprint density at radius 3 is 2.18 bits per heavy atom. The number of carbonyl (C=O) groups is 2. The molecule has 0 saturated carbocycles. The number of sulfonamides is 1. The average molecular weight is 544 g/mol. The molecule has 1 heterocycles. The van der Waals surface area contributed by atoms with Gasteiger partial charge in [0.25, 0.3) is 5.70 Å². The first-order valence-electron chi connectivity index (χ1n) is 11.6. The molecular formula is C26H29N3O8S. The third-order valence-electron chi connectivity index (χ3n) is 6.07. The van der Waals surface area contributed by atoms with E-state index < -0.39 is 44.2 Å². The summed E-state index contributed by atoms with van der Waals surface area (Å²) in [5.41, 5.74) is 1.80. The van der Waals surface area contributed by atoms with E-state index in [1.54, 1.807) is 49.4 Å². The zero-order valence-electron chi connectivity index (χ0n) is 21.5. The summed E-state index contributed by atoms with van der Waals surface area (Å²) in [5.74, 6) is -3.24. The minimum Gasteiger partial charge on any atom is -0.468 e. The summed E-state index contributed by atoms with van der Waals surface area (Å²) in [6.07, 6.45) is -1.51. The summed E-state index contributed by atoms with van der Waals surface area (Å²) in [7, 11) is -3.42. The molecular weight excluding hydrogens is 514 g/mol. The van der Waals surface area contributed by atoms with Crippen LogP contribution >= 0.6 is 0 Å². The van der Waals surface area contributed by atoms with Crippen LogP contribution in [0.2, 0.25) is 0 Å². The van der Waals surface area contributed by atoms with Crippen molar-refractivity contribution in [1.29, 1.82) is 0 Å². The second kappa shape index (κ2) is 11.5. The maximum Gasteiger partial charge on any atom is 0.337 e. The first-order valence-corrected chi connectivity index (χ1v) is 13.2. The van der Waals surface area contributed by atoms with Gasteiger partial charge in [0, 0.05) is 11.4 Å². The molecule has 0 aromatic heterocycles. The fourth-order valence-electron chi connectivity index (χ4n) is 4.30. The fourth-order valence-corrected chi connectivity index (χ4v) is 5.80. The normalized spacial score (nSPS) is 17.2. The van der Waals surface area contributed by atoms with Crippen LogP contribution in [0.25, 0.3) is 0 Å². The van der Waals surface area contributed by atoms with E-state index >= 15 is 0 Å². The molecule has 0 radical (unpaired) electrons. The molecule has 2 aromatic rings. The van der Waals surface area contributed by atoms with Crippen molar-refractivity contribution in [3.05, 3.63) is 98.5 Å². The fraction of sp³-hybridized carbons (Fsp3) is 0.308. The first kappa shape index (κ1) is 28.4. The van der Waals surface area contributed by atoms with Crippen molar-refractivity contribution in [2.24, 2.45) is 0 Å². The summed E-state index contributed by atoms with van der Waals surface area (Å²) >= 11 is 0. The largest absolute Gasteiger partial charge is 0.468 e. The maximum absolute atomic E-state index is 13.5. The molecule has 3 unspecified atom stereocenters. The molecule has 3 rings (SSSR count). The van der Waals surface area contributed by atoms with Gasteiger partial charge < -0.3 is 14.8 Å². The monoisotopic (exact) mass is 543 g/mol. The van der Waals surface area contributed by atoms with E-state index in [-0.39, 0.29) is 22.7 Å². The van der Waals surface area contributed by atoms with Crippen molar-refractivity contribution in [3.63, 3.8) is 0 Å². The molecule has 0 aliphatic carbocycles. The number of allylic oxidation sites excluding steroid dienone is 3. The molecule has 2 N–H and O–H groups in total. The molecule has 2 aromatic carbocycles. The maximum atomic E-state index is 13.5. The minimum atomic E-state index is -4.44. The lowest BCUT2D eigenvalue weighted by atomic mass is 9.84. The molecule has 1 aliphatic heterocycles. The molecule has 38 heavy (non-hydrogen) atoms. The zero-order valence-corrected chi connectivity index (χ0v) is 22.4. The van der Waals surface area contributed by atoms with Gasteiger partial charge in [0.05, 0.1) is 23.3 Å². The van der Waals surface area contributed by atoms with E-state index in [9.17, 15) is 28.1 Å². The molecule has 11 nitrogen and oxygen atoms in total. The number of ether oxygens (including phenoxy) is 2. The molecule has 0 fully saturated rings. The number of rotatable bonds is 9. The number of esters is 2. The number of aryl methyl sites for hydroxylation is 1. The van der Waals surface area contributed by atoms with E-state index in [0.29, 0.717) is 11.3 Å². The highest BCUT2D eigenvalue weighted by atomic mass is 32.2. The highest BCUT2D eigenvalue weighted by Crippen LogP contribution is 2.39.